The first-order chi connectivity index (χ1) is 12.1. The standard InChI is InChI=1S/C17H15BrF4N2O2/c1-10-2-4-13(12(18)6-10)24-16(25)8-23-14-7-11(19)3-5-15(14)26-9-17(20,21)22/h2-7,23H,8-9H2,1H3,(H,24,25). The van der Waals surface area contributed by atoms with Crippen molar-refractivity contribution in [3.63, 3.8) is 0 Å². The number of aryl methyl sites for hydroxylation is 1. The van der Waals surface area contributed by atoms with Crippen LogP contribution in [-0.4, -0.2) is 25.2 Å². The topological polar surface area (TPSA) is 50.4 Å². The molecule has 0 aromatic heterocycles. The van der Waals surface area contributed by atoms with Crippen molar-refractivity contribution in [2.45, 2.75) is 13.1 Å². The second-order valence-electron chi connectivity index (χ2n) is 5.43. The van der Waals surface area contributed by atoms with E-state index in [1.807, 2.05) is 19.1 Å². The molecule has 0 heterocycles. The molecule has 0 unspecified atom stereocenters. The number of benzene rings is 2. The molecule has 9 heteroatoms. The number of carbonyl (C=O) groups excluding carboxylic acids is 1. The number of amides is 1. The van der Waals surface area contributed by atoms with E-state index < -0.39 is 24.5 Å². The van der Waals surface area contributed by atoms with Gasteiger partial charge in [0.1, 0.15) is 11.6 Å². The molecular weight excluding hydrogens is 420 g/mol. The molecule has 4 nitrogen and oxygen atoms in total. The summed E-state index contributed by atoms with van der Waals surface area (Å²) in [6.45, 7) is 0.0896. The number of hydrogen-bond donors (Lipinski definition) is 2. The summed E-state index contributed by atoms with van der Waals surface area (Å²) in [7, 11) is 0. The van der Waals surface area contributed by atoms with Crippen LogP contribution >= 0.6 is 15.9 Å². The summed E-state index contributed by atoms with van der Waals surface area (Å²) in [6.07, 6.45) is -4.53. The first-order valence-corrected chi connectivity index (χ1v) is 8.22. The summed E-state index contributed by atoms with van der Waals surface area (Å²) in [5, 5.41) is 5.22. The average molecular weight is 435 g/mol. The van der Waals surface area contributed by atoms with E-state index in [9.17, 15) is 22.4 Å². The van der Waals surface area contributed by atoms with Gasteiger partial charge in [-0.2, -0.15) is 13.2 Å². The molecule has 0 aliphatic carbocycles. The zero-order valence-electron chi connectivity index (χ0n) is 13.6. The lowest BCUT2D eigenvalue weighted by Gasteiger charge is -2.15. The molecule has 0 spiro atoms. The predicted molar refractivity (Wildman–Crippen MR) is 93.9 cm³/mol. The van der Waals surface area contributed by atoms with E-state index in [4.69, 9.17) is 0 Å². The van der Waals surface area contributed by atoms with E-state index in [1.54, 1.807) is 6.07 Å². The second kappa shape index (κ2) is 8.39. The van der Waals surface area contributed by atoms with Crippen LogP contribution in [0.3, 0.4) is 0 Å². The van der Waals surface area contributed by atoms with E-state index in [2.05, 4.69) is 31.3 Å². The van der Waals surface area contributed by atoms with Crippen molar-refractivity contribution in [2.24, 2.45) is 0 Å². The Labute approximate surface area is 155 Å². The van der Waals surface area contributed by atoms with E-state index in [1.165, 1.54) is 0 Å². The molecule has 1 amide bonds. The first kappa shape index (κ1) is 20.0. The van der Waals surface area contributed by atoms with E-state index >= 15 is 0 Å². The van der Waals surface area contributed by atoms with Gasteiger partial charge in [-0.05, 0) is 52.7 Å². The third kappa shape index (κ3) is 6.21. The van der Waals surface area contributed by atoms with Gasteiger partial charge in [0.2, 0.25) is 5.91 Å². The van der Waals surface area contributed by atoms with Crippen molar-refractivity contribution in [3.05, 3.63) is 52.3 Å². The van der Waals surface area contributed by atoms with Crippen LogP contribution in [0.4, 0.5) is 28.9 Å². The Morgan fingerprint density at radius 3 is 2.54 bits per heavy atom. The number of rotatable bonds is 6. The van der Waals surface area contributed by atoms with Crippen LogP contribution in [0.15, 0.2) is 40.9 Å². The molecule has 0 atom stereocenters. The Kier molecular flexibility index (Phi) is 6.47. The molecule has 26 heavy (non-hydrogen) atoms. The number of hydrogen-bond acceptors (Lipinski definition) is 3. The number of anilines is 2. The first-order valence-electron chi connectivity index (χ1n) is 7.43. The van der Waals surface area contributed by atoms with Crippen LogP contribution in [0.1, 0.15) is 5.56 Å². The second-order valence-corrected chi connectivity index (χ2v) is 6.28. The maximum atomic E-state index is 13.4. The molecule has 0 aliphatic rings. The molecule has 0 saturated carbocycles. The van der Waals surface area contributed by atoms with Gasteiger partial charge in [-0.15, -0.1) is 0 Å². The van der Waals surface area contributed by atoms with Gasteiger partial charge in [0.25, 0.3) is 0 Å². The van der Waals surface area contributed by atoms with Crippen molar-refractivity contribution in [3.8, 4) is 5.75 Å². The molecule has 0 bridgehead atoms. The summed E-state index contributed by atoms with van der Waals surface area (Å²) in [4.78, 5) is 12.0. The van der Waals surface area contributed by atoms with E-state index in [0.717, 1.165) is 23.8 Å². The minimum Gasteiger partial charge on any atom is -0.482 e. The summed E-state index contributed by atoms with van der Waals surface area (Å²) in [6, 6.07) is 8.33. The smallest absolute Gasteiger partial charge is 0.422 e. The molecule has 0 aliphatic heterocycles. The monoisotopic (exact) mass is 434 g/mol. The van der Waals surface area contributed by atoms with Crippen molar-refractivity contribution in [2.75, 3.05) is 23.8 Å². The van der Waals surface area contributed by atoms with E-state index in [0.29, 0.717) is 10.2 Å². The van der Waals surface area contributed by atoms with Gasteiger partial charge >= 0.3 is 6.18 Å². The number of ether oxygens (including phenoxy) is 1. The fourth-order valence-corrected chi connectivity index (χ4v) is 2.61. The average Bonchev–Trinajstić information content (AvgIpc) is 2.54. The SMILES string of the molecule is Cc1ccc(NC(=O)CNc2cc(F)ccc2OCC(F)(F)F)c(Br)c1. The zero-order chi connectivity index (χ0) is 19.3. The number of nitrogens with one attached hydrogen (secondary N) is 2. The van der Waals surface area contributed by atoms with Crippen molar-refractivity contribution in [1.82, 2.24) is 0 Å². The van der Waals surface area contributed by atoms with Gasteiger partial charge in [0, 0.05) is 10.5 Å². The van der Waals surface area contributed by atoms with Crippen LogP contribution in [0.2, 0.25) is 0 Å². The minimum atomic E-state index is -4.53. The normalized spacial score (nSPS) is 11.2. The van der Waals surface area contributed by atoms with Gasteiger partial charge in [-0.25, -0.2) is 4.39 Å². The maximum absolute atomic E-state index is 13.4. The Morgan fingerprint density at radius 2 is 1.88 bits per heavy atom. The fourth-order valence-electron chi connectivity index (χ4n) is 2.02. The van der Waals surface area contributed by atoms with Crippen LogP contribution in [0.25, 0.3) is 0 Å². The van der Waals surface area contributed by atoms with Crippen molar-refractivity contribution < 1.29 is 27.1 Å². The molecule has 2 aromatic carbocycles. The lowest BCUT2D eigenvalue weighted by atomic mass is 10.2. The predicted octanol–water partition coefficient (Wildman–Crippen LogP) is 4.89. The van der Waals surface area contributed by atoms with Crippen LogP contribution in [0.5, 0.6) is 5.75 Å². The molecule has 0 saturated heterocycles. The number of halogens is 5. The quantitative estimate of drug-likeness (QED) is 0.636. The highest BCUT2D eigenvalue weighted by molar-refractivity contribution is 9.10. The van der Waals surface area contributed by atoms with Crippen LogP contribution in [0, 0.1) is 12.7 Å². The van der Waals surface area contributed by atoms with Gasteiger partial charge < -0.3 is 15.4 Å². The van der Waals surface area contributed by atoms with E-state index in [-0.39, 0.29) is 18.0 Å². The third-order valence-electron chi connectivity index (χ3n) is 3.17. The summed E-state index contributed by atoms with van der Waals surface area (Å²) in [5.74, 6) is -1.33. The largest absolute Gasteiger partial charge is 0.482 e. The highest BCUT2D eigenvalue weighted by Crippen LogP contribution is 2.28. The van der Waals surface area contributed by atoms with Gasteiger partial charge in [0.05, 0.1) is 17.9 Å². The summed E-state index contributed by atoms with van der Waals surface area (Å²) < 4.78 is 55.6. The van der Waals surface area contributed by atoms with Crippen molar-refractivity contribution in [1.29, 1.82) is 0 Å². The Bertz CT molecular complexity index is 797. The molecule has 2 N–H and O–H groups in total. The molecular formula is C17H15BrF4N2O2. The Balaban J connectivity index is 2.01. The van der Waals surface area contributed by atoms with Crippen molar-refractivity contribution >= 4 is 33.2 Å². The lowest BCUT2D eigenvalue weighted by molar-refractivity contribution is -0.153. The lowest BCUT2D eigenvalue weighted by Crippen LogP contribution is -2.23. The minimum absolute atomic E-state index is 0.0487. The molecule has 140 valence electrons. The molecule has 2 rings (SSSR count). The molecule has 0 radical (unpaired) electrons. The van der Waals surface area contributed by atoms with Crippen LogP contribution in [-0.2, 0) is 4.79 Å². The number of carbonyl (C=O) groups is 1. The highest BCUT2D eigenvalue weighted by atomic mass is 79.9. The molecule has 0 fully saturated rings. The van der Waals surface area contributed by atoms with Gasteiger partial charge in [-0.1, -0.05) is 6.07 Å². The Morgan fingerprint density at radius 1 is 1.15 bits per heavy atom. The Hall–Kier alpha value is -2.29. The fraction of sp³-hybridized carbons (Fsp3) is 0.235. The van der Waals surface area contributed by atoms with Crippen LogP contribution < -0.4 is 15.4 Å². The third-order valence-corrected chi connectivity index (χ3v) is 3.83. The molecule has 2 aromatic rings. The van der Waals surface area contributed by atoms with Gasteiger partial charge in [0.15, 0.2) is 6.61 Å². The summed E-state index contributed by atoms with van der Waals surface area (Å²) >= 11 is 3.32. The highest BCUT2D eigenvalue weighted by Gasteiger charge is 2.29. The number of alkyl halides is 3. The summed E-state index contributed by atoms with van der Waals surface area (Å²) in [5.41, 5.74) is 1.49. The van der Waals surface area contributed by atoms with Gasteiger partial charge in [-0.3, -0.25) is 4.79 Å². The zero-order valence-corrected chi connectivity index (χ0v) is 15.2. The maximum Gasteiger partial charge on any atom is 0.422 e.